The van der Waals surface area contributed by atoms with Gasteiger partial charge in [-0.3, -0.25) is 15.6 Å². The molecule has 0 aliphatic heterocycles. The van der Waals surface area contributed by atoms with E-state index in [-0.39, 0.29) is 15.2 Å². The van der Waals surface area contributed by atoms with E-state index in [9.17, 15) is 4.79 Å². The number of nitrogen functional groups attached to an aromatic ring is 1. The molecule has 0 aliphatic carbocycles. The Hall–Kier alpha value is -4.57. The van der Waals surface area contributed by atoms with Crippen LogP contribution in [-0.2, 0) is 11.2 Å². The van der Waals surface area contributed by atoms with Gasteiger partial charge in [-0.15, -0.1) is 15.3 Å². The minimum Gasteiger partial charge on any atom is -0.411 e. The Labute approximate surface area is 321 Å². The molecule has 0 atom stereocenters. The predicted octanol–water partition coefficient (Wildman–Crippen LogP) is 8.88. The molecule has 0 aliphatic rings. The van der Waals surface area contributed by atoms with E-state index >= 15 is 0 Å². The summed E-state index contributed by atoms with van der Waals surface area (Å²) >= 11 is 23.8. The number of H-pyrrole nitrogens is 1. The maximum absolute atomic E-state index is 10.9. The van der Waals surface area contributed by atoms with Gasteiger partial charge >= 0.3 is 0 Å². The van der Waals surface area contributed by atoms with Crippen LogP contribution in [0.4, 0.5) is 11.4 Å². The molecule has 0 amide bonds. The molecule has 6 aromatic rings. The van der Waals surface area contributed by atoms with Crippen molar-refractivity contribution in [2.75, 3.05) is 10.4 Å². The summed E-state index contributed by atoms with van der Waals surface area (Å²) in [5, 5.41) is 27.7. The molecule has 0 unspecified atom stereocenters. The van der Waals surface area contributed by atoms with Gasteiger partial charge < -0.3 is 14.3 Å². The van der Waals surface area contributed by atoms with Gasteiger partial charge in [0.05, 0.1) is 5.69 Å². The second kappa shape index (κ2) is 19.7. The Bertz CT molecular complexity index is 2140. The summed E-state index contributed by atoms with van der Waals surface area (Å²) < 4.78 is 10.6. The highest BCUT2D eigenvalue weighted by atomic mass is 35.5. The molecular formula is C33H27Cl2N9O3S4. The van der Waals surface area contributed by atoms with E-state index in [4.69, 9.17) is 73.4 Å². The second-order valence-corrected chi connectivity index (χ2v) is 13.6. The quantitative estimate of drug-likeness (QED) is 0.0375. The number of hydrogen-bond acceptors (Lipinski definition) is 14. The number of hydrazine groups is 2. The van der Waals surface area contributed by atoms with E-state index in [0.29, 0.717) is 33.2 Å². The second-order valence-electron chi connectivity index (χ2n) is 9.87. The fourth-order valence-corrected chi connectivity index (χ4v) is 5.35. The van der Waals surface area contributed by atoms with Gasteiger partial charge in [-0.1, -0.05) is 47.6 Å². The molecule has 0 saturated carbocycles. The number of halogens is 2. The van der Waals surface area contributed by atoms with Crippen LogP contribution in [0.2, 0.25) is 10.0 Å². The third-order valence-electron chi connectivity index (χ3n) is 6.28. The minimum absolute atomic E-state index is 0.106. The van der Waals surface area contributed by atoms with Crippen LogP contribution in [-0.4, -0.2) is 30.5 Å². The van der Waals surface area contributed by atoms with Crippen molar-refractivity contribution in [3.05, 3.63) is 118 Å². The van der Waals surface area contributed by atoms with Gasteiger partial charge in [0.15, 0.2) is 5.12 Å². The lowest BCUT2D eigenvalue weighted by Gasteiger charge is -2.19. The summed E-state index contributed by atoms with van der Waals surface area (Å²) in [6.45, 7) is 1.43. The number of aromatic amines is 1. The van der Waals surface area contributed by atoms with Crippen molar-refractivity contribution < 1.29 is 13.6 Å². The van der Waals surface area contributed by atoms with E-state index in [1.165, 1.54) is 11.9 Å². The fraction of sp³-hybridized carbons (Fsp3) is 0.0606. The monoisotopic (exact) mass is 795 g/mol. The average Bonchev–Trinajstić information content (AvgIpc) is 3.79. The molecule has 0 spiro atoms. The van der Waals surface area contributed by atoms with E-state index in [2.05, 4.69) is 25.8 Å². The number of thiocarbonyl (C=S) groups is 1. The molecule has 260 valence electrons. The largest absolute Gasteiger partial charge is 0.411 e. The van der Waals surface area contributed by atoms with Crippen LogP contribution in [0.5, 0.6) is 0 Å². The zero-order valence-electron chi connectivity index (χ0n) is 26.4. The molecule has 0 bridgehead atoms. The first-order valence-corrected chi connectivity index (χ1v) is 17.6. The number of thiocyanates is 1. The SMILES string of the molecule is CC(=O)Sc1nnc(-c2ccc(SC#N)cc2)o1.NN(C(=S)Cc1ccc(-c2n[nH]c(=S)o2)cc1)c1ccc(Cl)cc1.NNc1ccc(Cl)cc1. The molecule has 2 aromatic heterocycles. The molecule has 2 heterocycles. The van der Waals surface area contributed by atoms with Crippen molar-refractivity contribution >= 4 is 92.6 Å². The number of aromatic nitrogens is 4. The summed E-state index contributed by atoms with van der Waals surface area (Å²) in [7, 11) is 0. The van der Waals surface area contributed by atoms with E-state index < -0.39 is 0 Å². The van der Waals surface area contributed by atoms with Gasteiger partial charge in [-0.25, -0.2) is 10.9 Å². The lowest BCUT2D eigenvalue weighted by Crippen LogP contribution is -2.37. The van der Waals surface area contributed by atoms with Gasteiger partial charge in [0.2, 0.25) is 11.8 Å². The van der Waals surface area contributed by atoms with Crippen LogP contribution < -0.4 is 22.1 Å². The normalized spacial score (nSPS) is 10.1. The van der Waals surface area contributed by atoms with Crippen LogP contribution in [0.15, 0.2) is 116 Å². The van der Waals surface area contributed by atoms with Gasteiger partial charge in [0.1, 0.15) is 10.4 Å². The molecule has 0 radical (unpaired) electrons. The van der Waals surface area contributed by atoms with Crippen LogP contribution in [0.1, 0.15) is 12.5 Å². The summed E-state index contributed by atoms with van der Waals surface area (Å²) in [4.78, 5) is 12.6. The Balaban J connectivity index is 0.000000189. The van der Waals surface area contributed by atoms with Crippen LogP contribution in [0.25, 0.3) is 22.9 Å². The number of nitrogens with zero attached hydrogens (tertiary/aromatic N) is 5. The standard InChI is InChI=1S/C16H13ClN4OS2.C11H7N3O2S2.C6H7ClN2/c17-12-5-7-13(8-6-12)21(18)14(23)9-10-1-3-11(4-2-10)15-19-20-16(24)22-15;1-7(15)18-11-14-13-10(16-11)8-2-4-9(5-3-8)17-6-12;7-5-1-3-6(9-8)4-2-5/h1-8H,9,18H2,(H,20,24);2-5H,1H3;1-4,9H,8H2. The number of carbonyl (C=O) groups excluding carboxylic acids is 1. The van der Waals surface area contributed by atoms with Gasteiger partial charge in [-0.2, -0.15) is 5.26 Å². The average molecular weight is 797 g/mol. The van der Waals surface area contributed by atoms with E-state index in [1.807, 2.05) is 53.9 Å². The Kier molecular flexibility index (Phi) is 15.2. The van der Waals surface area contributed by atoms with Crippen molar-refractivity contribution in [2.24, 2.45) is 11.7 Å². The molecular weight excluding hydrogens is 770 g/mol. The first-order valence-electron chi connectivity index (χ1n) is 14.4. The van der Waals surface area contributed by atoms with Gasteiger partial charge in [-0.05, 0) is 114 Å². The number of nitrogens with two attached hydrogens (primary N) is 2. The van der Waals surface area contributed by atoms with Crippen LogP contribution in [0.3, 0.4) is 0 Å². The zero-order chi connectivity index (χ0) is 36.8. The first-order chi connectivity index (χ1) is 24.5. The summed E-state index contributed by atoms with van der Waals surface area (Å²) in [6.07, 6.45) is 0.540. The van der Waals surface area contributed by atoms with Crippen molar-refractivity contribution in [3.63, 3.8) is 0 Å². The molecule has 18 heteroatoms. The van der Waals surface area contributed by atoms with Gasteiger partial charge in [0.25, 0.3) is 10.1 Å². The van der Waals surface area contributed by atoms with Crippen LogP contribution >= 0.6 is 71.2 Å². The summed E-state index contributed by atoms with van der Waals surface area (Å²) in [5.74, 6) is 12.0. The number of hydrogen-bond donors (Lipinski definition) is 4. The zero-order valence-corrected chi connectivity index (χ0v) is 31.2. The smallest absolute Gasteiger partial charge is 0.284 e. The number of rotatable bonds is 8. The first kappa shape index (κ1) is 39.2. The Morgan fingerprint density at radius 2 is 1.51 bits per heavy atom. The van der Waals surface area contributed by atoms with Crippen molar-refractivity contribution in [1.82, 2.24) is 20.4 Å². The third-order valence-corrected chi connectivity index (χ3v) is 8.53. The number of benzene rings is 4. The Morgan fingerprint density at radius 1 is 0.922 bits per heavy atom. The maximum Gasteiger partial charge on any atom is 0.284 e. The highest BCUT2D eigenvalue weighted by Gasteiger charge is 2.12. The molecule has 0 fully saturated rings. The molecule has 6 N–H and O–H groups in total. The van der Waals surface area contributed by atoms with E-state index in [0.717, 1.165) is 56.5 Å². The molecule has 4 aromatic carbocycles. The Morgan fingerprint density at radius 3 is 2.06 bits per heavy atom. The predicted molar refractivity (Wildman–Crippen MR) is 209 cm³/mol. The number of nitrogens with one attached hydrogen (secondary N) is 2. The number of anilines is 2. The van der Waals surface area contributed by atoms with Crippen LogP contribution in [0, 0.1) is 15.5 Å². The van der Waals surface area contributed by atoms with Crippen molar-refractivity contribution in [1.29, 1.82) is 5.26 Å². The summed E-state index contributed by atoms with van der Waals surface area (Å²) in [5.41, 5.74) is 6.76. The molecule has 0 saturated heterocycles. The summed E-state index contributed by atoms with van der Waals surface area (Å²) in [6, 6.07) is 29.2. The highest BCUT2D eigenvalue weighted by molar-refractivity contribution is 8.13. The van der Waals surface area contributed by atoms with Crippen molar-refractivity contribution in [2.45, 2.75) is 23.5 Å². The topological polar surface area (TPSA) is 189 Å². The van der Waals surface area contributed by atoms with E-state index in [1.54, 1.807) is 48.5 Å². The third kappa shape index (κ3) is 12.6. The van der Waals surface area contributed by atoms with Gasteiger partial charge in [0, 0.05) is 56.9 Å². The minimum atomic E-state index is -0.106. The lowest BCUT2D eigenvalue weighted by molar-refractivity contribution is -0.109. The lowest BCUT2D eigenvalue weighted by atomic mass is 10.1. The number of carbonyl (C=O) groups is 1. The highest BCUT2D eigenvalue weighted by Crippen LogP contribution is 2.26. The number of nitriles is 1. The molecule has 6 rings (SSSR count). The molecule has 51 heavy (non-hydrogen) atoms. The number of thioether (sulfide) groups is 2. The van der Waals surface area contributed by atoms with Crippen molar-refractivity contribution in [3.8, 4) is 28.3 Å². The molecule has 12 nitrogen and oxygen atoms in total. The fourth-order valence-electron chi connectivity index (χ4n) is 3.88. The maximum atomic E-state index is 10.9.